The number of nitrogens with one attached hydrogen (secondary N) is 2. The highest BCUT2D eigenvalue weighted by atomic mass is 19.1. The van der Waals surface area contributed by atoms with Gasteiger partial charge in [0.1, 0.15) is 17.7 Å². The van der Waals surface area contributed by atoms with Crippen LogP contribution >= 0.6 is 0 Å². The van der Waals surface area contributed by atoms with Crippen LogP contribution in [0.1, 0.15) is 24.4 Å². The summed E-state index contributed by atoms with van der Waals surface area (Å²) < 4.78 is 31.4. The van der Waals surface area contributed by atoms with Gasteiger partial charge >= 0.3 is 5.97 Å². The second-order valence-electron chi connectivity index (χ2n) is 7.03. The summed E-state index contributed by atoms with van der Waals surface area (Å²) in [6.45, 7) is -0.596. The van der Waals surface area contributed by atoms with Crippen LogP contribution in [-0.4, -0.2) is 37.0 Å². The van der Waals surface area contributed by atoms with Gasteiger partial charge in [-0.25, -0.2) is 19.6 Å². The number of hydrazine groups is 1. The van der Waals surface area contributed by atoms with Gasteiger partial charge in [-0.15, -0.1) is 0 Å². The van der Waals surface area contributed by atoms with E-state index in [9.17, 15) is 23.2 Å². The number of hydrogen-bond donors (Lipinski definition) is 3. The lowest BCUT2D eigenvalue weighted by Crippen LogP contribution is -2.41. The van der Waals surface area contributed by atoms with Crippen LogP contribution in [-0.2, 0) is 19.1 Å². The van der Waals surface area contributed by atoms with Crippen molar-refractivity contribution in [1.29, 1.82) is 0 Å². The first-order valence-electron chi connectivity index (χ1n) is 9.61. The number of halogens is 2. The van der Waals surface area contributed by atoms with Crippen molar-refractivity contribution in [3.05, 3.63) is 65.7 Å². The number of benzene rings is 2. The number of nitrogens with two attached hydrogens (primary N) is 1. The van der Waals surface area contributed by atoms with Crippen molar-refractivity contribution >= 4 is 23.5 Å². The Labute approximate surface area is 177 Å². The summed E-state index contributed by atoms with van der Waals surface area (Å²) in [5.41, 5.74) is 12.1. The Bertz CT molecular complexity index is 937. The highest BCUT2D eigenvalue weighted by Crippen LogP contribution is 2.23. The van der Waals surface area contributed by atoms with E-state index >= 15 is 0 Å². The molecular weight excluding hydrogens is 410 g/mol. The fraction of sp³-hybridized carbons (Fsp3) is 0.286. The van der Waals surface area contributed by atoms with Gasteiger partial charge < -0.3 is 15.4 Å². The van der Waals surface area contributed by atoms with Gasteiger partial charge in [0.25, 0.3) is 5.91 Å². The maximum atomic E-state index is 13.2. The van der Waals surface area contributed by atoms with E-state index in [1.807, 2.05) is 0 Å². The maximum Gasteiger partial charge on any atom is 0.325 e. The molecule has 0 radical (unpaired) electrons. The third kappa shape index (κ3) is 6.06. The van der Waals surface area contributed by atoms with Crippen LogP contribution in [0.15, 0.2) is 48.5 Å². The van der Waals surface area contributed by atoms with Crippen molar-refractivity contribution in [1.82, 2.24) is 10.9 Å². The van der Waals surface area contributed by atoms with Crippen LogP contribution in [0.3, 0.4) is 0 Å². The molecule has 164 valence electrons. The zero-order chi connectivity index (χ0) is 22.4. The van der Waals surface area contributed by atoms with Gasteiger partial charge in [-0.05, 0) is 48.4 Å². The van der Waals surface area contributed by atoms with Gasteiger partial charge in [-0.1, -0.05) is 12.1 Å². The normalized spacial score (nSPS) is 17.9. The topological polar surface area (TPSA) is 114 Å². The summed E-state index contributed by atoms with van der Waals surface area (Å²) in [5, 5.41) is 0. The number of amides is 2. The highest BCUT2D eigenvalue weighted by Gasteiger charge is 2.32. The first-order chi connectivity index (χ1) is 14.8. The maximum absolute atomic E-state index is 13.2. The van der Waals surface area contributed by atoms with Gasteiger partial charge in [0.05, 0.1) is 0 Å². The van der Waals surface area contributed by atoms with E-state index in [0.717, 1.165) is 5.56 Å². The molecule has 1 saturated heterocycles. The second kappa shape index (κ2) is 10.1. The first kappa shape index (κ1) is 22.3. The van der Waals surface area contributed by atoms with Crippen molar-refractivity contribution in [3.8, 4) is 0 Å². The molecular formula is C21H22F2N4O4. The minimum absolute atomic E-state index is 0.0345. The van der Waals surface area contributed by atoms with E-state index in [-0.39, 0.29) is 24.8 Å². The van der Waals surface area contributed by atoms with E-state index < -0.39 is 36.2 Å². The molecule has 10 heteroatoms. The molecule has 2 amide bonds. The van der Waals surface area contributed by atoms with Crippen LogP contribution in [0.4, 0.5) is 14.5 Å². The predicted molar refractivity (Wildman–Crippen MR) is 107 cm³/mol. The molecule has 31 heavy (non-hydrogen) atoms. The molecule has 2 aromatic carbocycles. The van der Waals surface area contributed by atoms with Crippen LogP contribution in [0.5, 0.6) is 0 Å². The lowest BCUT2D eigenvalue weighted by atomic mass is 10.0. The Morgan fingerprint density at radius 3 is 2.23 bits per heavy atom. The van der Waals surface area contributed by atoms with Crippen LogP contribution in [0.2, 0.25) is 0 Å². The quantitative estimate of drug-likeness (QED) is 0.543. The van der Waals surface area contributed by atoms with Crippen molar-refractivity contribution < 1.29 is 27.9 Å². The molecule has 0 aliphatic carbocycles. The first-order valence-corrected chi connectivity index (χ1v) is 9.61. The molecule has 0 bridgehead atoms. The van der Waals surface area contributed by atoms with Crippen molar-refractivity contribution in [2.24, 2.45) is 5.73 Å². The van der Waals surface area contributed by atoms with E-state index in [1.165, 1.54) is 41.3 Å². The van der Waals surface area contributed by atoms with Gasteiger partial charge in [0.15, 0.2) is 6.61 Å². The molecule has 8 nitrogen and oxygen atoms in total. The molecule has 3 rings (SSSR count). The molecule has 0 spiro atoms. The summed E-state index contributed by atoms with van der Waals surface area (Å²) in [6.07, 6.45) is 0.243. The number of nitrogens with zero attached hydrogens (tertiary/aromatic N) is 1. The molecule has 0 aromatic heterocycles. The number of rotatable bonds is 8. The zero-order valence-corrected chi connectivity index (χ0v) is 16.5. The van der Waals surface area contributed by atoms with Crippen LogP contribution in [0, 0.1) is 11.6 Å². The number of carbonyl (C=O) groups is 3. The highest BCUT2D eigenvalue weighted by molar-refractivity contribution is 5.96. The molecule has 1 aliphatic rings. The second-order valence-corrected chi connectivity index (χ2v) is 7.03. The number of primary amides is 1. The average Bonchev–Trinajstić information content (AvgIpc) is 3.24. The molecule has 2 unspecified atom stereocenters. The van der Waals surface area contributed by atoms with Gasteiger partial charge in [-0.3, -0.25) is 14.4 Å². The molecule has 2 aromatic rings. The van der Waals surface area contributed by atoms with Gasteiger partial charge in [0.2, 0.25) is 5.91 Å². The predicted octanol–water partition coefficient (Wildman–Crippen LogP) is 1.32. The largest absolute Gasteiger partial charge is 0.454 e. The molecule has 4 N–H and O–H groups in total. The monoisotopic (exact) mass is 432 g/mol. The number of esters is 1. The van der Waals surface area contributed by atoms with E-state index in [2.05, 4.69) is 10.9 Å². The van der Waals surface area contributed by atoms with E-state index in [1.54, 1.807) is 12.1 Å². The molecule has 1 fully saturated rings. The van der Waals surface area contributed by atoms with E-state index in [0.29, 0.717) is 12.1 Å². The van der Waals surface area contributed by atoms with Crippen molar-refractivity contribution in [3.63, 3.8) is 0 Å². The fourth-order valence-corrected chi connectivity index (χ4v) is 3.18. The third-order valence-corrected chi connectivity index (χ3v) is 4.82. The average molecular weight is 432 g/mol. The van der Waals surface area contributed by atoms with E-state index in [4.69, 9.17) is 10.5 Å². The van der Waals surface area contributed by atoms with Crippen LogP contribution in [0.25, 0.3) is 0 Å². The fourth-order valence-electron chi connectivity index (χ4n) is 3.18. The SMILES string of the molecule is NC(=O)CCN(C(=O)COC(=O)C1CC(c2ccc(F)cc2)NN1)c1ccc(F)cc1. The number of anilines is 1. The Morgan fingerprint density at radius 1 is 1.00 bits per heavy atom. The summed E-state index contributed by atoms with van der Waals surface area (Å²) in [4.78, 5) is 37.3. The molecule has 0 saturated carbocycles. The van der Waals surface area contributed by atoms with Crippen molar-refractivity contribution in [2.75, 3.05) is 18.1 Å². The molecule has 2 atom stereocenters. The van der Waals surface area contributed by atoms with Crippen molar-refractivity contribution in [2.45, 2.75) is 24.9 Å². The zero-order valence-electron chi connectivity index (χ0n) is 16.5. The van der Waals surface area contributed by atoms with Gasteiger partial charge in [0, 0.05) is 24.7 Å². The number of hydrogen-bond acceptors (Lipinski definition) is 6. The Kier molecular flexibility index (Phi) is 7.27. The molecule has 1 aliphatic heterocycles. The number of carbonyl (C=O) groups excluding carboxylic acids is 3. The summed E-state index contributed by atoms with van der Waals surface area (Å²) in [6, 6.07) is 10.1. The third-order valence-electron chi connectivity index (χ3n) is 4.82. The Balaban J connectivity index is 1.57. The number of ether oxygens (including phenoxy) is 1. The smallest absolute Gasteiger partial charge is 0.325 e. The molecule has 1 heterocycles. The standard InChI is InChI=1S/C21H22F2N4O4/c22-14-3-1-13(2-4-14)17-11-18(26-25-17)21(30)31-12-20(29)27(10-9-19(24)28)16-7-5-15(23)6-8-16/h1-8,17-18,25-26H,9-12H2,(H2,24,28). The summed E-state index contributed by atoms with van der Waals surface area (Å²) >= 11 is 0. The lowest BCUT2D eigenvalue weighted by molar-refractivity contribution is -0.149. The summed E-state index contributed by atoms with van der Waals surface area (Å²) in [7, 11) is 0. The minimum atomic E-state index is -0.701. The Morgan fingerprint density at radius 2 is 1.61 bits per heavy atom. The minimum Gasteiger partial charge on any atom is -0.454 e. The lowest BCUT2D eigenvalue weighted by Gasteiger charge is -2.22. The summed E-state index contributed by atoms with van der Waals surface area (Å²) in [5.74, 6) is -2.66. The van der Waals surface area contributed by atoms with Gasteiger partial charge in [-0.2, -0.15) is 0 Å². The Hall–Kier alpha value is -3.37. The van der Waals surface area contributed by atoms with Crippen LogP contribution < -0.4 is 21.5 Å².